The number of benzene rings is 1. The molecule has 1 aromatic carbocycles. The van der Waals surface area contributed by atoms with Crippen LogP contribution in [0.1, 0.15) is 6.92 Å². The number of sulfonamides is 1. The third kappa shape index (κ3) is 3.63. The van der Waals surface area contributed by atoms with Gasteiger partial charge in [0.05, 0.1) is 24.7 Å². The highest BCUT2D eigenvalue weighted by molar-refractivity contribution is 7.89. The Balaban J connectivity index is 3.23. The predicted octanol–water partition coefficient (Wildman–Crippen LogP) is 0.263. The summed E-state index contributed by atoms with van der Waals surface area (Å²) in [6, 6.07) is 2.51. The van der Waals surface area contributed by atoms with Crippen molar-refractivity contribution in [2.24, 2.45) is 0 Å². The number of aliphatic hydroxyl groups is 1. The van der Waals surface area contributed by atoms with Gasteiger partial charge in [-0.15, -0.1) is 0 Å². The third-order valence-corrected chi connectivity index (χ3v) is 3.91. The van der Waals surface area contributed by atoms with Gasteiger partial charge in [0.25, 0.3) is 5.69 Å². The summed E-state index contributed by atoms with van der Waals surface area (Å²) in [6.45, 7) is 1.12. The molecule has 9 heteroatoms. The second kappa shape index (κ2) is 5.95. The fourth-order valence-electron chi connectivity index (χ4n) is 1.36. The standard InChI is InChI=1S/C10H14N2O6S/c1-7(6-13)11-19(16,17)10-4-3-8(12(14)15)5-9(10)18-2/h3-5,7,11,13H,6H2,1-2H3/t7-/m0/s1. The second-order valence-corrected chi connectivity index (χ2v) is 5.48. The minimum atomic E-state index is -3.91. The zero-order valence-electron chi connectivity index (χ0n) is 10.4. The summed E-state index contributed by atoms with van der Waals surface area (Å²) in [5, 5.41) is 19.4. The van der Waals surface area contributed by atoms with Crippen molar-refractivity contribution in [3.05, 3.63) is 28.3 Å². The minimum Gasteiger partial charge on any atom is -0.495 e. The maximum absolute atomic E-state index is 12.0. The van der Waals surface area contributed by atoms with E-state index in [1.54, 1.807) is 0 Å². The van der Waals surface area contributed by atoms with Gasteiger partial charge in [-0.25, -0.2) is 13.1 Å². The van der Waals surface area contributed by atoms with Crippen LogP contribution in [0.25, 0.3) is 0 Å². The Morgan fingerprint density at radius 1 is 1.53 bits per heavy atom. The topological polar surface area (TPSA) is 119 Å². The van der Waals surface area contributed by atoms with E-state index in [2.05, 4.69) is 4.72 Å². The van der Waals surface area contributed by atoms with Gasteiger partial charge < -0.3 is 9.84 Å². The molecular weight excluding hydrogens is 276 g/mol. The Labute approximate surface area is 110 Å². The van der Waals surface area contributed by atoms with Crippen molar-refractivity contribution in [1.29, 1.82) is 0 Å². The number of hydrogen-bond acceptors (Lipinski definition) is 6. The molecule has 0 aliphatic rings. The normalized spacial score (nSPS) is 13.0. The number of nitro groups is 1. The molecule has 0 saturated heterocycles. The number of non-ortho nitro benzene ring substituents is 1. The highest BCUT2D eigenvalue weighted by Gasteiger charge is 2.23. The lowest BCUT2D eigenvalue weighted by atomic mass is 10.3. The predicted molar refractivity (Wildman–Crippen MR) is 66.5 cm³/mol. The van der Waals surface area contributed by atoms with Crippen molar-refractivity contribution < 1.29 is 23.2 Å². The van der Waals surface area contributed by atoms with Crippen LogP contribution >= 0.6 is 0 Å². The van der Waals surface area contributed by atoms with Crippen LogP contribution in [0.5, 0.6) is 5.75 Å². The number of hydrogen-bond donors (Lipinski definition) is 2. The zero-order chi connectivity index (χ0) is 14.6. The Kier molecular flexibility index (Phi) is 4.81. The van der Waals surface area contributed by atoms with Gasteiger partial charge in [0.2, 0.25) is 10.0 Å². The van der Waals surface area contributed by atoms with E-state index in [0.717, 1.165) is 18.2 Å². The molecule has 8 nitrogen and oxygen atoms in total. The van der Waals surface area contributed by atoms with Crippen LogP contribution in [0.4, 0.5) is 5.69 Å². The molecule has 0 bridgehead atoms. The van der Waals surface area contributed by atoms with E-state index >= 15 is 0 Å². The van der Waals surface area contributed by atoms with Crippen molar-refractivity contribution in [1.82, 2.24) is 4.72 Å². The number of nitro benzene ring substituents is 1. The highest BCUT2D eigenvalue weighted by atomic mass is 32.2. The van der Waals surface area contributed by atoms with Crippen molar-refractivity contribution in [2.45, 2.75) is 17.9 Å². The Bertz CT molecular complexity index is 571. The van der Waals surface area contributed by atoms with Gasteiger partial charge >= 0.3 is 0 Å². The molecule has 19 heavy (non-hydrogen) atoms. The molecule has 2 N–H and O–H groups in total. The molecule has 0 spiro atoms. The lowest BCUT2D eigenvalue weighted by Gasteiger charge is -2.13. The van der Waals surface area contributed by atoms with Gasteiger partial charge in [0.15, 0.2) is 0 Å². The van der Waals surface area contributed by atoms with Gasteiger partial charge in [-0.05, 0) is 13.0 Å². The summed E-state index contributed by atoms with van der Waals surface area (Å²) in [5.41, 5.74) is -0.272. The fourth-order valence-corrected chi connectivity index (χ4v) is 2.74. The van der Waals surface area contributed by atoms with Crippen LogP contribution in [0.2, 0.25) is 0 Å². The van der Waals surface area contributed by atoms with E-state index in [1.807, 2.05) is 0 Å². The summed E-state index contributed by atoms with van der Waals surface area (Å²) in [6.07, 6.45) is 0. The fraction of sp³-hybridized carbons (Fsp3) is 0.400. The molecule has 0 radical (unpaired) electrons. The second-order valence-electron chi connectivity index (χ2n) is 3.80. The number of ether oxygens (including phenoxy) is 1. The van der Waals surface area contributed by atoms with E-state index in [1.165, 1.54) is 14.0 Å². The van der Waals surface area contributed by atoms with E-state index in [-0.39, 0.29) is 22.9 Å². The van der Waals surface area contributed by atoms with E-state index in [0.29, 0.717) is 0 Å². The SMILES string of the molecule is COc1cc([N+](=O)[O-])ccc1S(=O)(=O)N[C@@H](C)CO. The molecule has 0 fully saturated rings. The van der Waals surface area contributed by atoms with Crippen LogP contribution in [-0.2, 0) is 10.0 Å². The smallest absolute Gasteiger partial charge is 0.273 e. The zero-order valence-corrected chi connectivity index (χ0v) is 11.2. The first-order valence-corrected chi connectivity index (χ1v) is 6.75. The monoisotopic (exact) mass is 290 g/mol. The minimum absolute atomic E-state index is 0.133. The summed E-state index contributed by atoms with van der Waals surface area (Å²) in [7, 11) is -2.70. The summed E-state index contributed by atoms with van der Waals surface area (Å²) >= 11 is 0. The maximum atomic E-state index is 12.0. The van der Waals surface area contributed by atoms with Gasteiger partial charge in [-0.3, -0.25) is 10.1 Å². The van der Waals surface area contributed by atoms with E-state index in [4.69, 9.17) is 9.84 Å². The average Bonchev–Trinajstić information content (AvgIpc) is 2.37. The van der Waals surface area contributed by atoms with Crippen LogP contribution in [0, 0.1) is 10.1 Å². The molecule has 0 heterocycles. The van der Waals surface area contributed by atoms with E-state index < -0.39 is 21.0 Å². The molecule has 0 saturated carbocycles. The number of aliphatic hydroxyl groups excluding tert-OH is 1. The van der Waals surface area contributed by atoms with Crippen LogP contribution < -0.4 is 9.46 Å². The molecule has 0 aliphatic carbocycles. The molecule has 1 aromatic rings. The molecule has 1 atom stereocenters. The lowest BCUT2D eigenvalue weighted by molar-refractivity contribution is -0.385. The summed E-state index contributed by atoms with van der Waals surface area (Å²) < 4.78 is 31.1. The molecular formula is C10H14N2O6S. The molecule has 0 amide bonds. The molecule has 106 valence electrons. The number of methoxy groups -OCH3 is 1. The average molecular weight is 290 g/mol. The summed E-state index contributed by atoms with van der Waals surface area (Å²) in [5.74, 6) is -0.133. The maximum Gasteiger partial charge on any atom is 0.273 e. The first kappa shape index (κ1) is 15.3. The van der Waals surface area contributed by atoms with Gasteiger partial charge in [-0.2, -0.15) is 0 Å². The first-order valence-electron chi connectivity index (χ1n) is 5.27. The van der Waals surface area contributed by atoms with E-state index in [9.17, 15) is 18.5 Å². The number of nitrogens with one attached hydrogen (secondary N) is 1. The Morgan fingerprint density at radius 2 is 2.16 bits per heavy atom. The van der Waals surface area contributed by atoms with Crippen molar-refractivity contribution >= 4 is 15.7 Å². The van der Waals surface area contributed by atoms with Crippen LogP contribution in [-0.4, -0.2) is 38.2 Å². The van der Waals surface area contributed by atoms with Crippen LogP contribution in [0.3, 0.4) is 0 Å². The van der Waals surface area contributed by atoms with Gasteiger partial charge in [0.1, 0.15) is 10.6 Å². The molecule has 0 aromatic heterocycles. The summed E-state index contributed by atoms with van der Waals surface area (Å²) in [4.78, 5) is 9.73. The first-order chi connectivity index (χ1) is 8.81. The highest BCUT2D eigenvalue weighted by Crippen LogP contribution is 2.28. The molecule has 0 aliphatic heterocycles. The molecule has 1 rings (SSSR count). The quantitative estimate of drug-likeness (QED) is 0.573. The van der Waals surface area contributed by atoms with Crippen LogP contribution in [0.15, 0.2) is 23.1 Å². The number of nitrogens with zero attached hydrogens (tertiary/aromatic N) is 1. The molecule has 0 unspecified atom stereocenters. The van der Waals surface area contributed by atoms with Gasteiger partial charge in [0, 0.05) is 12.1 Å². The van der Waals surface area contributed by atoms with Crippen molar-refractivity contribution in [2.75, 3.05) is 13.7 Å². The Hall–Kier alpha value is -1.71. The Morgan fingerprint density at radius 3 is 2.63 bits per heavy atom. The largest absolute Gasteiger partial charge is 0.495 e. The van der Waals surface area contributed by atoms with Crippen molar-refractivity contribution in [3.8, 4) is 5.75 Å². The van der Waals surface area contributed by atoms with Gasteiger partial charge in [-0.1, -0.05) is 0 Å². The number of rotatable bonds is 6. The lowest BCUT2D eigenvalue weighted by Crippen LogP contribution is -2.35. The third-order valence-electron chi connectivity index (χ3n) is 2.28. The van der Waals surface area contributed by atoms with Crippen molar-refractivity contribution in [3.63, 3.8) is 0 Å².